The van der Waals surface area contributed by atoms with Crippen molar-refractivity contribution in [1.82, 2.24) is 4.90 Å². The fourth-order valence-corrected chi connectivity index (χ4v) is 3.41. The van der Waals surface area contributed by atoms with Crippen molar-refractivity contribution in [2.24, 2.45) is 5.73 Å². The average Bonchev–Trinajstić information content (AvgIpc) is 2.92. The summed E-state index contributed by atoms with van der Waals surface area (Å²) < 4.78 is 12.7. The van der Waals surface area contributed by atoms with Crippen LogP contribution in [0.15, 0.2) is 28.7 Å². The molecule has 110 valence electrons. The fraction of sp³-hybridized carbons (Fsp3) is 0.600. The van der Waals surface area contributed by atoms with Crippen LogP contribution in [0, 0.1) is 0 Å². The van der Waals surface area contributed by atoms with Gasteiger partial charge in [0.2, 0.25) is 0 Å². The number of benzene rings is 1. The molecule has 5 heteroatoms. The molecule has 1 aromatic rings. The standard InChI is InChI=1S/C15H21BrN2O2/c16-13-3-1-12(2-4-13)14(11-17)18-7-5-15(6-8-18)19-9-10-20-15/h1-4,14H,5-11,17H2. The number of hydrogen-bond donors (Lipinski definition) is 1. The van der Waals surface area contributed by atoms with Gasteiger partial charge in [0.05, 0.1) is 13.2 Å². The fourth-order valence-electron chi connectivity index (χ4n) is 3.14. The van der Waals surface area contributed by atoms with Crippen LogP contribution in [0.1, 0.15) is 24.4 Å². The number of halogens is 1. The third-order valence-corrected chi connectivity index (χ3v) is 4.82. The molecule has 0 aromatic heterocycles. The number of nitrogens with zero attached hydrogens (tertiary/aromatic N) is 1. The second kappa shape index (κ2) is 6.12. The van der Waals surface area contributed by atoms with Gasteiger partial charge in [-0.05, 0) is 17.7 Å². The Bertz CT molecular complexity index is 436. The maximum Gasteiger partial charge on any atom is 0.170 e. The molecule has 1 spiro atoms. The second-order valence-corrected chi connectivity index (χ2v) is 6.36. The van der Waals surface area contributed by atoms with Gasteiger partial charge in [0, 0.05) is 43.0 Å². The van der Waals surface area contributed by atoms with E-state index in [2.05, 4.69) is 45.1 Å². The summed E-state index contributed by atoms with van der Waals surface area (Å²) in [6.45, 7) is 4.03. The summed E-state index contributed by atoms with van der Waals surface area (Å²) in [4.78, 5) is 2.44. The van der Waals surface area contributed by atoms with Crippen molar-refractivity contribution in [3.05, 3.63) is 34.3 Å². The highest BCUT2D eigenvalue weighted by Crippen LogP contribution is 2.34. The number of piperidine rings is 1. The lowest BCUT2D eigenvalue weighted by molar-refractivity contribution is -0.187. The van der Waals surface area contributed by atoms with Crippen molar-refractivity contribution in [2.75, 3.05) is 32.8 Å². The molecule has 20 heavy (non-hydrogen) atoms. The molecule has 0 aliphatic carbocycles. The molecule has 2 fully saturated rings. The van der Waals surface area contributed by atoms with Crippen molar-refractivity contribution in [3.63, 3.8) is 0 Å². The lowest BCUT2D eigenvalue weighted by atomic mass is 9.98. The predicted molar refractivity (Wildman–Crippen MR) is 81.4 cm³/mol. The van der Waals surface area contributed by atoms with Crippen LogP contribution in [0.2, 0.25) is 0 Å². The van der Waals surface area contributed by atoms with E-state index in [-0.39, 0.29) is 11.8 Å². The van der Waals surface area contributed by atoms with Crippen LogP contribution in [0.3, 0.4) is 0 Å². The van der Waals surface area contributed by atoms with E-state index >= 15 is 0 Å². The molecule has 0 radical (unpaired) electrons. The summed E-state index contributed by atoms with van der Waals surface area (Å²) in [5, 5.41) is 0. The minimum absolute atomic E-state index is 0.279. The lowest BCUT2D eigenvalue weighted by Gasteiger charge is -2.41. The molecule has 0 bridgehead atoms. The molecule has 3 rings (SSSR count). The molecule has 0 amide bonds. The van der Waals surface area contributed by atoms with Gasteiger partial charge in [-0.1, -0.05) is 28.1 Å². The van der Waals surface area contributed by atoms with Crippen molar-refractivity contribution in [2.45, 2.75) is 24.7 Å². The van der Waals surface area contributed by atoms with Crippen molar-refractivity contribution in [1.29, 1.82) is 0 Å². The van der Waals surface area contributed by atoms with Crippen LogP contribution in [0.4, 0.5) is 0 Å². The van der Waals surface area contributed by atoms with E-state index in [1.165, 1.54) is 5.56 Å². The van der Waals surface area contributed by atoms with Gasteiger partial charge in [0.25, 0.3) is 0 Å². The Balaban J connectivity index is 1.67. The number of hydrogen-bond acceptors (Lipinski definition) is 4. The highest BCUT2D eigenvalue weighted by molar-refractivity contribution is 9.10. The number of nitrogens with two attached hydrogens (primary N) is 1. The molecule has 2 aliphatic heterocycles. The molecular formula is C15H21BrN2O2. The Hall–Kier alpha value is -0.460. The van der Waals surface area contributed by atoms with Crippen molar-refractivity contribution >= 4 is 15.9 Å². The van der Waals surface area contributed by atoms with Gasteiger partial charge < -0.3 is 15.2 Å². The maximum absolute atomic E-state index is 6.00. The number of rotatable bonds is 3. The first-order chi connectivity index (χ1) is 9.72. The minimum atomic E-state index is -0.310. The Morgan fingerprint density at radius 1 is 1.15 bits per heavy atom. The number of ether oxygens (including phenoxy) is 2. The summed E-state index contributed by atoms with van der Waals surface area (Å²) in [6.07, 6.45) is 1.86. The largest absolute Gasteiger partial charge is 0.347 e. The van der Waals surface area contributed by atoms with E-state index in [9.17, 15) is 0 Å². The van der Waals surface area contributed by atoms with Gasteiger partial charge in [-0.25, -0.2) is 0 Å². The van der Waals surface area contributed by atoms with Crippen LogP contribution in [0.25, 0.3) is 0 Å². The predicted octanol–water partition coefficient (Wildman–Crippen LogP) is 2.29. The van der Waals surface area contributed by atoms with Crippen LogP contribution < -0.4 is 5.73 Å². The van der Waals surface area contributed by atoms with Gasteiger partial charge >= 0.3 is 0 Å². The molecule has 1 aromatic carbocycles. The van der Waals surface area contributed by atoms with Crippen LogP contribution in [0.5, 0.6) is 0 Å². The zero-order chi connectivity index (χ0) is 14.0. The molecule has 4 nitrogen and oxygen atoms in total. The van der Waals surface area contributed by atoms with Crippen LogP contribution >= 0.6 is 15.9 Å². The second-order valence-electron chi connectivity index (χ2n) is 5.45. The van der Waals surface area contributed by atoms with Gasteiger partial charge in [0.1, 0.15) is 0 Å². The summed E-state index contributed by atoms with van der Waals surface area (Å²) in [7, 11) is 0. The van der Waals surface area contributed by atoms with Gasteiger partial charge in [-0.3, -0.25) is 4.90 Å². The molecule has 2 saturated heterocycles. The zero-order valence-electron chi connectivity index (χ0n) is 11.6. The first kappa shape index (κ1) is 14.5. The first-order valence-corrected chi connectivity index (χ1v) is 7.99. The maximum atomic E-state index is 6.00. The van der Waals surface area contributed by atoms with Crippen molar-refractivity contribution in [3.8, 4) is 0 Å². The highest BCUT2D eigenvalue weighted by Gasteiger charge is 2.41. The summed E-state index contributed by atoms with van der Waals surface area (Å²) >= 11 is 3.48. The molecule has 1 atom stereocenters. The third-order valence-electron chi connectivity index (χ3n) is 4.29. The van der Waals surface area contributed by atoms with Gasteiger partial charge in [0.15, 0.2) is 5.79 Å². The summed E-state index contributed by atoms with van der Waals surface area (Å²) in [6, 6.07) is 8.73. The Morgan fingerprint density at radius 2 is 1.75 bits per heavy atom. The minimum Gasteiger partial charge on any atom is -0.347 e. The molecule has 2 aliphatic rings. The topological polar surface area (TPSA) is 47.7 Å². The van der Waals surface area contributed by atoms with E-state index in [1.807, 2.05) is 0 Å². The van der Waals surface area contributed by atoms with Crippen LogP contribution in [-0.4, -0.2) is 43.5 Å². The number of likely N-dealkylation sites (tertiary alicyclic amines) is 1. The lowest BCUT2D eigenvalue weighted by Crippen LogP contribution is -2.47. The highest BCUT2D eigenvalue weighted by atomic mass is 79.9. The van der Waals surface area contributed by atoms with E-state index in [0.29, 0.717) is 6.54 Å². The zero-order valence-corrected chi connectivity index (χ0v) is 13.1. The quantitative estimate of drug-likeness (QED) is 0.916. The molecular weight excluding hydrogens is 320 g/mol. The third kappa shape index (κ3) is 2.92. The Labute approximate surface area is 128 Å². The molecule has 2 heterocycles. The normalized spacial score (nSPS) is 24.1. The summed E-state index contributed by atoms with van der Waals surface area (Å²) in [5.41, 5.74) is 7.28. The Morgan fingerprint density at radius 3 is 2.30 bits per heavy atom. The molecule has 1 unspecified atom stereocenters. The molecule has 2 N–H and O–H groups in total. The SMILES string of the molecule is NCC(c1ccc(Br)cc1)N1CCC2(CC1)OCCO2. The monoisotopic (exact) mass is 340 g/mol. The summed E-state index contributed by atoms with van der Waals surface area (Å²) in [5.74, 6) is -0.310. The van der Waals surface area contributed by atoms with E-state index in [4.69, 9.17) is 15.2 Å². The first-order valence-electron chi connectivity index (χ1n) is 7.20. The van der Waals surface area contributed by atoms with E-state index in [0.717, 1.165) is 43.6 Å². The molecule has 0 saturated carbocycles. The smallest absolute Gasteiger partial charge is 0.170 e. The Kier molecular flexibility index (Phi) is 4.43. The van der Waals surface area contributed by atoms with E-state index in [1.54, 1.807) is 0 Å². The van der Waals surface area contributed by atoms with Crippen molar-refractivity contribution < 1.29 is 9.47 Å². The van der Waals surface area contributed by atoms with E-state index < -0.39 is 0 Å². The van der Waals surface area contributed by atoms with Gasteiger partial charge in [-0.2, -0.15) is 0 Å². The average molecular weight is 341 g/mol. The van der Waals surface area contributed by atoms with Gasteiger partial charge in [-0.15, -0.1) is 0 Å². The van der Waals surface area contributed by atoms with Crippen LogP contribution in [-0.2, 0) is 9.47 Å².